The van der Waals surface area contributed by atoms with Crippen LogP contribution in [0.25, 0.3) is 0 Å². The summed E-state index contributed by atoms with van der Waals surface area (Å²) in [7, 11) is 0. The highest BCUT2D eigenvalue weighted by Gasteiger charge is 2.09. The summed E-state index contributed by atoms with van der Waals surface area (Å²) in [6.45, 7) is 2.11. The number of nitrogens with one attached hydrogen (secondary N) is 1. The predicted molar refractivity (Wildman–Crippen MR) is 87.5 cm³/mol. The second-order valence-corrected chi connectivity index (χ2v) is 5.76. The van der Waals surface area contributed by atoms with E-state index in [4.69, 9.17) is 4.74 Å². The molecule has 0 radical (unpaired) electrons. The topological polar surface area (TPSA) is 55.4 Å². The van der Waals surface area contributed by atoms with E-state index < -0.39 is 5.97 Å². The minimum Gasteiger partial charge on any atom is -0.452 e. The number of amides is 1. The molecule has 0 aliphatic rings. The number of carbonyl (C=O) groups is 2. The van der Waals surface area contributed by atoms with Crippen molar-refractivity contribution in [3.05, 3.63) is 69.7 Å². The second-order valence-electron chi connectivity index (χ2n) is 4.85. The first-order chi connectivity index (χ1) is 10.5. The van der Waals surface area contributed by atoms with Crippen LogP contribution in [0.3, 0.4) is 0 Å². The highest BCUT2D eigenvalue weighted by atomic mass is 79.9. The Hall–Kier alpha value is -2.14. The van der Waals surface area contributed by atoms with Crippen LogP contribution >= 0.6 is 15.9 Å². The second kappa shape index (κ2) is 7.75. The van der Waals surface area contributed by atoms with Crippen LogP contribution in [-0.2, 0) is 16.1 Å². The van der Waals surface area contributed by atoms with Crippen LogP contribution in [0, 0.1) is 6.92 Å². The van der Waals surface area contributed by atoms with Crippen molar-refractivity contribution < 1.29 is 14.3 Å². The maximum absolute atomic E-state index is 11.8. The minimum atomic E-state index is -0.516. The lowest BCUT2D eigenvalue weighted by Gasteiger charge is -2.07. The van der Waals surface area contributed by atoms with Crippen molar-refractivity contribution in [1.29, 1.82) is 0 Å². The zero-order chi connectivity index (χ0) is 15.9. The molecule has 1 N–H and O–H groups in total. The van der Waals surface area contributed by atoms with Crippen LogP contribution in [0.5, 0.6) is 0 Å². The number of ether oxygens (including phenoxy) is 1. The van der Waals surface area contributed by atoms with Crippen LogP contribution in [0.2, 0.25) is 0 Å². The summed E-state index contributed by atoms with van der Waals surface area (Å²) in [5.41, 5.74) is 2.55. The van der Waals surface area contributed by atoms with Gasteiger partial charge in [-0.05, 0) is 36.8 Å². The first-order valence-electron chi connectivity index (χ1n) is 6.79. The molecular formula is C17H16BrNO3. The molecule has 5 heteroatoms. The molecule has 0 aliphatic carbocycles. The third kappa shape index (κ3) is 5.00. The summed E-state index contributed by atoms with van der Waals surface area (Å²) in [6, 6.07) is 14.6. The first-order valence-corrected chi connectivity index (χ1v) is 7.59. The lowest BCUT2D eigenvalue weighted by molar-refractivity contribution is -0.124. The highest BCUT2D eigenvalue weighted by molar-refractivity contribution is 9.10. The van der Waals surface area contributed by atoms with E-state index in [1.165, 1.54) is 0 Å². The van der Waals surface area contributed by atoms with Crippen LogP contribution in [0.1, 0.15) is 21.5 Å². The summed E-state index contributed by atoms with van der Waals surface area (Å²) < 4.78 is 5.85. The smallest absolute Gasteiger partial charge is 0.338 e. The standard InChI is InChI=1S/C17H16BrNO3/c1-12-3-2-4-13(9-12)10-19-16(20)11-22-17(21)14-5-7-15(18)8-6-14/h2-9H,10-11H2,1H3,(H,19,20). The van der Waals surface area contributed by atoms with Gasteiger partial charge in [-0.2, -0.15) is 0 Å². The maximum Gasteiger partial charge on any atom is 0.338 e. The van der Waals surface area contributed by atoms with Gasteiger partial charge in [0.25, 0.3) is 5.91 Å². The number of halogens is 1. The van der Waals surface area contributed by atoms with Crippen molar-refractivity contribution in [2.75, 3.05) is 6.61 Å². The maximum atomic E-state index is 11.8. The molecule has 0 unspecified atom stereocenters. The van der Waals surface area contributed by atoms with Crippen molar-refractivity contribution >= 4 is 27.8 Å². The predicted octanol–water partition coefficient (Wildman–Crippen LogP) is 3.23. The fraction of sp³-hybridized carbons (Fsp3) is 0.176. The molecule has 2 aromatic carbocycles. The highest BCUT2D eigenvalue weighted by Crippen LogP contribution is 2.11. The number of esters is 1. The van der Waals surface area contributed by atoms with Gasteiger partial charge in [0.2, 0.25) is 0 Å². The zero-order valence-electron chi connectivity index (χ0n) is 12.1. The van der Waals surface area contributed by atoms with Crippen molar-refractivity contribution in [1.82, 2.24) is 5.32 Å². The van der Waals surface area contributed by atoms with Crippen molar-refractivity contribution in [2.24, 2.45) is 0 Å². The Morgan fingerprint density at radius 2 is 1.86 bits per heavy atom. The SMILES string of the molecule is Cc1cccc(CNC(=O)COC(=O)c2ccc(Br)cc2)c1. The summed E-state index contributed by atoms with van der Waals surface area (Å²) in [5, 5.41) is 2.72. The molecule has 0 heterocycles. The minimum absolute atomic E-state index is 0.291. The van der Waals surface area contributed by atoms with E-state index in [9.17, 15) is 9.59 Å². The molecular weight excluding hydrogens is 346 g/mol. The van der Waals surface area contributed by atoms with E-state index in [2.05, 4.69) is 21.2 Å². The van der Waals surface area contributed by atoms with Crippen LogP contribution < -0.4 is 5.32 Å². The number of carbonyl (C=O) groups excluding carboxylic acids is 2. The van der Waals surface area contributed by atoms with Gasteiger partial charge >= 0.3 is 5.97 Å². The summed E-state index contributed by atoms with van der Waals surface area (Å²) in [5.74, 6) is -0.842. The quantitative estimate of drug-likeness (QED) is 0.831. The molecule has 0 aromatic heterocycles. The Bertz CT molecular complexity index is 668. The first kappa shape index (κ1) is 16.2. The Morgan fingerprint density at radius 3 is 2.55 bits per heavy atom. The number of hydrogen-bond donors (Lipinski definition) is 1. The molecule has 0 aliphatic heterocycles. The number of aryl methyl sites for hydroxylation is 1. The summed E-state index contributed by atoms with van der Waals surface area (Å²) >= 11 is 3.29. The third-order valence-corrected chi connectivity index (χ3v) is 3.52. The van der Waals surface area contributed by atoms with Crippen LogP contribution in [-0.4, -0.2) is 18.5 Å². The third-order valence-electron chi connectivity index (χ3n) is 2.99. The molecule has 2 aromatic rings. The van der Waals surface area contributed by atoms with E-state index in [-0.39, 0.29) is 12.5 Å². The van der Waals surface area contributed by atoms with Gasteiger partial charge in [0.1, 0.15) is 0 Å². The van der Waals surface area contributed by atoms with Gasteiger partial charge in [0, 0.05) is 11.0 Å². The Kier molecular flexibility index (Phi) is 5.72. The zero-order valence-corrected chi connectivity index (χ0v) is 13.7. The lowest BCUT2D eigenvalue weighted by Crippen LogP contribution is -2.28. The Balaban J connectivity index is 1.78. The fourth-order valence-electron chi connectivity index (χ4n) is 1.87. The molecule has 0 saturated heterocycles. The summed E-state index contributed by atoms with van der Waals surface area (Å²) in [6.07, 6.45) is 0. The van der Waals surface area contributed by atoms with Gasteiger partial charge in [0.05, 0.1) is 5.56 Å². The average molecular weight is 362 g/mol. The molecule has 2 rings (SSSR count). The Labute approximate surface area is 137 Å². The van der Waals surface area contributed by atoms with E-state index in [0.717, 1.165) is 15.6 Å². The van der Waals surface area contributed by atoms with Gasteiger partial charge in [-0.25, -0.2) is 4.79 Å². The number of hydrogen-bond acceptors (Lipinski definition) is 3. The van der Waals surface area contributed by atoms with E-state index >= 15 is 0 Å². The molecule has 0 bridgehead atoms. The van der Waals surface area contributed by atoms with Crippen molar-refractivity contribution in [3.8, 4) is 0 Å². The van der Waals surface area contributed by atoms with Crippen molar-refractivity contribution in [3.63, 3.8) is 0 Å². The molecule has 0 spiro atoms. The molecule has 114 valence electrons. The van der Waals surface area contributed by atoms with Gasteiger partial charge < -0.3 is 10.1 Å². The average Bonchev–Trinajstić information content (AvgIpc) is 2.51. The van der Waals surface area contributed by atoms with Crippen molar-refractivity contribution in [2.45, 2.75) is 13.5 Å². The summed E-state index contributed by atoms with van der Waals surface area (Å²) in [4.78, 5) is 23.5. The fourth-order valence-corrected chi connectivity index (χ4v) is 2.14. The van der Waals surface area contributed by atoms with E-state index in [1.807, 2.05) is 31.2 Å². The molecule has 4 nitrogen and oxygen atoms in total. The van der Waals surface area contributed by atoms with Gasteiger partial charge in [-0.1, -0.05) is 45.8 Å². The molecule has 0 saturated carbocycles. The number of rotatable bonds is 5. The normalized spacial score (nSPS) is 10.1. The number of benzene rings is 2. The monoisotopic (exact) mass is 361 g/mol. The molecule has 0 atom stereocenters. The molecule has 22 heavy (non-hydrogen) atoms. The Morgan fingerprint density at radius 1 is 1.14 bits per heavy atom. The van der Waals surface area contributed by atoms with Gasteiger partial charge in [-0.15, -0.1) is 0 Å². The van der Waals surface area contributed by atoms with Crippen LogP contribution in [0.15, 0.2) is 53.0 Å². The van der Waals surface area contributed by atoms with E-state index in [1.54, 1.807) is 24.3 Å². The molecule has 1 amide bonds. The lowest BCUT2D eigenvalue weighted by atomic mass is 10.1. The van der Waals surface area contributed by atoms with Gasteiger partial charge in [-0.3, -0.25) is 4.79 Å². The van der Waals surface area contributed by atoms with Gasteiger partial charge in [0.15, 0.2) is 6.61 Å². The van der Waals surface area contributed by atoms with E-state index in [0.29, 0.717) is 12.1 Å². The molecule has 0 fully saturated rings. The largest absolute Gasteiger partial charge is 0.452 e. The van der Waals surface area contributed by atoms with Crippen LogP contribution in [0.4, 0.5) is 0 Å².